The van der Waals surface area contributed by atoms with Gasteiger partial charge in [0.1, 0.15) is 0 Å². The third-order valence-electron chi connectivity index (χ3n) is 2.68. The summed E-state index contributed by atoms with van der Waals surface area (Å²) in [5.74, 6) is 1.11. The van der Waals surface area contributed by atoms with Crippen LogP contribution >= 0.6 is 0 Å². The molecule has 3 N–H and O–H groups in total. The molecule has 94 valence electrons. The molecule has 1 unspecified atom stereocenters. The zero-order valence-electron chi connectivity index (χ0n) is 11.3. The molecule has 0 aliphatic carbocycles. The first-order valence-electron chi connectivity index (χ1n) is 6.21. The van der Waals surface area contributed by atoms with Gasteiger partial charge in [-0.2, -0.15) is 0 Å². The van der Waals surface area contributed by atoms with E-state index >= 15 is 0 Å². The Kier molecular flexibility index (Phi) is 7.15. The topological polar surface area (TPSA) is 38.0 Å². The van der Waals surface area contributed by atoms with E-state index in [2.05, 4.69) is 46.2 Å². The molecule has 16 heavy (non-hydrogen) atoms. The van der Waals surface area contributed by atoms with E-state index in [1.165, 1.54) is 5.57 Å². The third-order valence-corrected chi connectivity index (χ3v) is 2.68. The molecule has 0 radical (unpaired) electrons. The van der Waals surface area contributed by atoms with Gasteiger partial charge in [-0.3, -0.25) is 0 Å². The van der Waals surface area contributed by atoms with Gasteiger partial charge in [0.2, 0.25) is 0 Å². The standard InChI is InChI=1S/C14H28N2/c1-10(2)9-12(5)16-14(7-8-15)13(6)11(3)4/h10-11,14,16H,5-9,15H2,1-4H3. The van der Waals surface area contributed by atoms with Crippen molar-refractivity contribution in [3.8, 4) is 0 Å². The molecule has 0 spiro atoms. The molecule has 0 heterocycles. The Morgan fingerprint density at radius 3 is 2.12 bits per heavy atom. The fraction of sp³-hybridized carbons (Fsp3) is 0.714. The van der Waals surface area contributed by atoms with Crippen molar-refractivity contribution in [2.75, 3.05) is 6.54 Å². The number of hydrogen-bond donors (Lipinski definition) is 2. The van der Waals surface area contributed by atoms with Gasteiger partial charge in [0, 0.05) is 11.7 Å². The molecule has 2 nitrogen and oxygen atoms in total. The van der Waals surface area contributed by atoms with Crippen molar-refractivity contribution in [1.82, 2.24) is 5.32 Å². The maximum Gasteiger partial charge on any atom is 0.0482 e. The second-order valence-corrected chi connectivity index (χ2v) is 5.21. The molecular weight excluding hydrogens is 196 g/mol. The van der Waals surface area contributed by atoms with Crippen molar-refractivity contribution in [2.45, 2.75) is 46.6 Å². The Balaban J connectivity index is 4.33. The Morgan fingerprint density at radius 2 is 1.75 bits per heavy atom. The van der Waals surface area contributed by atoms with Gasteiger partial charge in [0.25, 0.3) is 0 Å². The molecule has 2 heteroatoms. The van der Waals surface area contributed by atoms with E-state index in [-0.39, 0.29) is 6.04 Å². The molecular formula is C14H28N2. The van der Waals surface area contributed by atoms with Crippen LogP contribution in [0.2, 0.25) is 0 Å². The highest BCUT2D eigenvalue weighted by molar-refractivity contribution is 5.12. The number of nitrogens with two attached hydrogens (primary N) is 1. The number of nitrogens with one attached hydrogen (secondary N) is 1. The zero-order valence-corrected chi connectivity index (χ0v) is 11.3. The average Bonchev–Trinajstić information content (AvgIpc) is 2.14. The van der Waals surface area contributed by atoms with Gasteiger partial charge >= 0.3 is 0 Å². The minimum Gasteiger partial charge on any atom is -0.382 e. The second kappa shape index (κ2) is 7.50. The lowest BCUT2D eigenvalue weighted by Crippen LogP contribution is -2.34. The first-order valence-corrected chi connectivity index (χ1v) is 6.21. The van der Waals surface area contributed by atoms with E-state index in [4.69, 9.17) is 5.73 Å². The van der Waals surface area contributed by atoms with Crippen LogP contribution in [-0.2, 0) is 0 Å². The monoisotopic (exact) mass is 224 g/mol. The van der Waals surface area contributed by atoms with Gasteiger partial charge in [0.15, 0.2) is 0 Å². The fourth-order valence-electron chi connectivity index (χ4n) is 1.72. The molecule has 0 aromatic rings. The van der Waals surface area contributed by atoms with Gasteiger partial charge in [-0.15, -0.1) is 0 Å². The normalized spacial score (nSPS) is 12.9. The number of allylic oxidation sites excluding steroid dienone is 1. The molecule has 0 bridgehead atoms. The van der Waals surface area contributed by atoms with Gasteiger partial charge in [-0.05, 0) is 31.2 Å². The minimum atomic E-state index is 0.274. The highest BCUT2D eigenvalue weighted by Gasteiger charge is 2.15. The number of hydrogen-bond acceptors (Lipinski definition) is 2. The lowest BCUT2D eigenvalue weighted by Gasteiger charge is -2.26. The van der Waals surface area contributed by atoms with Gasteiger partial charge in [-0.1, -0.05) is 46.4 Å². The van der Waals surface area contributed by atoms with Crippen LogP contribution in [0.3, 0.4) is 0 Å². The summed E-state index contributed by atoms with van der Waals surface area (Å²) in [6.45, 7) is 17.6. The molecule has 0 fully saturated rings. The molecule has 0 saturated carbocycles. The summed E-state index contributed by atoms with van der Waals surface area (Å²) in [5.41, 5.74) is 7.94. The first-order chi connectivity index (χ1) is 7.38. The van der Waals surface area contributed by atoms with Gasteiger partial charge in [-0.25, -0.2) is 0 Å². The van der Waals surface area contributed by atoms with Crippen LogP contribution < -0.4 is 11.1 Å². The summed E-state index contributed by atoms with van der Waals surface area (Å²) < 4.78 is 0. The van der Waals surface area contributed by atoms with Crippen molar-refractivity contribution in [1.29, 1.82) is 0 Å². The summed E-state index contributed by atoms with van der Waals surface area (Å²) in [6.07, 6.45) is 1.93. The lowest BCUT2D eigenvalue weighted by molar-refractivity contribution is 0.514. The summed E-state index contributed by atoms with van der Waals surface area (Å²) in [5, 5.41) is 3.46. The maximum atomic E-state index is 5.63. The number of rotatable bonds is 8. The second-order valence-electron chi connectivity index (χ2n) is 5.21. The molecule has 0 aliphatic heterocycles. The smallest absolute Gasteiger partial charge is 0.0482 e. The molecule has 0 aliphatic rings. The Bertz CT molecular complexity index is 229. The van der Waals surface area contributed by atoms with Crippen LogP contribution in [0.5, 0.6) is 0 Å². The highest BCUT2D eigenvalue weighted by atomic mass is 14.9. The molecule has 1 atom stereocenters. The molecule has 0 saturated heterocycles. The summed E-state index contributed by atoms with van der Waals surface area (Å²) in [4.78, 5) is 0. The van der Waals surface area contributed by atoms with E-state index in [1.807, 2.05) is 0 Å². The van der Waals surface area contributed by atoms with Crippen molar-refractivity contribution in [3.05, 3.63) is 24.4 Å². The molecule has 0 aromatic carbocycles. The zero-order chi connectivity index (χ0) is 12.7. The van der Waals surface area contributed by atoms with Gasteiger partial charge < -0.3 is 11.1 Å². The van der Waals surface area contributed by atoms with Crippen LogP contribution in [0.15, 0.2) is 24.4 Å². The average molecular weight is 224 g/mol. The lowest BCUT2D eigenvalue weighted by atomic mass is 9.94. The predicted octanol–water partition coefficient (Wildman–Crippen LogP) is 3.07. The van der Waals surface area contributed by atoms with Gasteiger partial charge in [0.05, 0.1) is 0 Å². The Morgan fingerprint density at radius 1 is 1.19 bits per heavy atom. The SMILES string of the molecule is C=C(CC(C)C)NC(CCN)C(=C)C(C)C. The van der Waals surface area contributed by atoms with E-state index < -0.39 is 0 Å². The van der Waals surface area contributed by atoms with Crippen molar-refractivity contribution < 1.29 is 0 Å². The molecule has 0 amide bonds. The van der Waals surface area contributed by atoms with Crippen molar-refractivity contribution in [3.63, 3.8) is 0 Å². The molecule has 0 aromatic heterocycles. The summed E-state index contributed by atoms with van der Waals surface area (Å²) >= 11 is 0. The van der Waals surface area contributed by atoms with Crippen molar-refractivity contribution in [2.24, 2.45) is 17.6 Å². The summed E-state index contributed by atoms with van der Waals surface area (Å²) in [6, 6.07) is 0.274. The van der Waals surface area contributed by atoms with E-state index in [9.17, 15) is 0 Å². The maximum absolute atomic E-state index is 5.63. The van der Waals surface area contributed by atoms with E-state index in [0.717, 1.165) is 18.5 Å². The third kappa shape index (κ3) is 5.96. The van der Waals surface area contributed by atoms with Crippen LogP contribution in [0.4, 0.5) is 0 Å². The summed E-state index contributed by atoms with van der Waals surface area (Å²) in [7, 11) is 0. The molecule has 0 rings (SSSR count). The highest BCUT2D eigenvalue weighted by Crippen LogP contribution is 2.16. The van der Waals surface area contributed by atoms with Crippen LogP contribution in [-0.4, -0.2) is 12.6 Å². The van der Waals surface area contributed by atoms with E-state index in [0.29, 0.717) is 18.4 Å². The first kappa shape index (κ1) is 15.2. The predicted molar refractivity (Wildman–Crippen MR) is 73.2 cm³/mol. The van der Waals surface area contributed by atoms with Crippen LogP contribution in [0, 0.1) is 11.8 Å². The van der Waals surface area contributed by atoms with E-state index in [1.54, 1.807) is 0 Å². The van der Waals surface area contributed by atoms with Crippen molar-refractivity contribution >= 4 is 0 Å². The van der Waals surface area contributed by atoms with Crippen LogP contribution in [0.25, 0.3) is 0 Å². The Labute approximate surface area is 101 Å². The Hall–Kier alpha value is -0.760. The quantitative estimate of drug-likeness (QED) is 0.622. The van der Waals surface area contributed by atoms with Crippen LogP contribution in [0.1, 0.15) is 40.5 Å². The largest absolute Gasteiger partial charge is 0.382 e. The minimum absolute atomic E-state index is 0.274. The fourth-order valence-corrected chi connectivity index (χ4v) is 1.72.